The molecule has 34 heavy (non-hydrogen) atoms. The minimum absolute atomic E-state index is 0.00394. The van der Waals surface area contributed by atoms with Gasteiger partial charge in [0, 0.05) is 42.5 Å². The van der Waals surface area contributed by atoms with E-state index in [1.165, 1.54) is 35.1 Å². The Morgan fingerprint density at radius 1 is 1.06 bits per heavy atom. The third kappa shape index (κ3) is 4.52. The Morgan fingerprint density at radius 2 is 1.82 bits per heavy atom. The van der Waals surface area contributed by atoms with E-state index >= 15 is 0 Å². The number of benzene rings is 1. The van der Waals surface area contributed by atoms with Gasteiger partial charge in [-0.25, -0.2) is 9.97 Å². The number of piperazine rings is 1. The highest BCUT2D eigenvalue weighted by Crippen LogP contribution is 2.40. The topological polar surface area (TPSA) is 49.3 Å². The highest BCUT2D eigenvalue weighted by molar-refractivity contribution is 7.19. The molecule has 3 heterocycles. The van der Waals surface area contributed by atoms with Crippen molar-refractivity contribution in [1.29, 1.82) is 0 Å². The largest absolute Gasteiger partial charge is 0.352 e. The maximum Gasteiger partial charge on any atom is 0.254 e. The molecular formula is C26H30Cl2N4OS. The smallest absolute Gasteiger partial charge is 0.254 e. The van der Waals surface area contributed by atoms with Gasteiger partial charge in [0.05, 0.1) is 15.4 Å². The SMILES string of the molecule is CC[C@@H](C)c1nc(N2CCN(C(=O)c3ccc(Cl)c(Cl)c3)CC2)c2c3c(sc2n1)CCCCC3. The van der Waals surface area contributed by atoms with Crippen LogP contribution in [-0.4, -0.2) is 47.0 Å². The fourth-order valence-corrected chi connectivity index (χ4v) is 6.46. The van der Waals surface area contributed by atoms with Crippen LogP contribution in [0.2, 0.25) is 10.0 Å². The number of aryl methyl sites for hydroxylation is 2. The number of thiophene rings is 1. The molecule has 1 saturated heterocycles. The first kappa shape index (κ1) is 23.8. The monoisotopic (exact) mass is 516 g/mol. The molecule has 5 nitrogen and oxygen atoms in total. The molecule has 0 unspecified atom stereocenters. The molecule has 1 fully saturated rings. The van der Waals surface area contributed by atoms with Crippen molar-refractivity contribution in [2.75, 3.05) is 31.1 Å². The van der Waals surface area contributed by atoms with Gasteiger partial charge in [0.2, 0.25) is 0 Å². The average Bonchev–Trinajstić information content (AvgIpc) is 3.05. The Kier molecular flexibility index (Phi) is 7.01. The van der Waals surface area contributed by atoms with Crippen molar-refractivity contribution in [3.63, 3.8) is 0 Å². The van der Waals surface area contributed by atoms with Gasteiger partial charge >= 0.3 is 0 Å². The van der Waals surface area contributed by atoms with E-state index in [9.17, 15) is 4.79 Å². The molecule has 5 rings (SSSR count). The van der Waals surface area contributed by atoms with Crippen molar-refractivity contribution >= 4 is 56.5 Å². The highest BCUT2D eigenvalue weighted by atomic mass is 35.5. The first-order valence-electron chi connectivity index (χ1n) is 12.3. The normalized spacial score (nSPS) is 17.5. The van der Waals surface area contributed by atoms with Gasteiger partial charge < -0.3 is 9.80 Å². The number of hydrogen-bond donors (Lipinski definition) is 0. The van der Waals surface area contributed by atoms with Crippen LogP contribution in [-0.2, 0) is 12.8 Å². The van der Waals surface area contributed by atoms with Crippen molar-refractivity contribution in [2.45, 2.75) is 58.3 Å². The van der Waals surface area contributed by atoms with Gasteiger partial charge in [-0.3, -0.25) is 4.79 Å². The summed E-state index contributed by atoms with van der Waals surface area (Å²) < 4.78 is 0. The summed E-state index contributed by atoms with van der Waals surface area (Å²) in [6.45, 7) is 7.20. The van der Waals surface area contributed by atoms with Crippen molar-refractivity contribution < 1.29 is 4.79 Å². The van der Waals surface area contributed by atoms with Crippen LogP contribution < -0.4 is 4.90 Å². The summed E-state index contributed by atoms with van der Waals surface area (Å²) in [7, 11) is 0. The first-order chi connectivity index (χ1) is 16.5. The number of aromatic nitrogens is 2. The van der Waals surface area contributed by atoms with Crippen LogP contribution in [0.15, 0.2) is 18.2 Å². The lowest BCUT2D eigenvalue weighted by molar-refractivity contribution is 0.0746. The number of hydrogen-bond acceptors (Lipinski definition) is 5. The lowest BCUT2D eigenvalue weighted by Crippen LogP contribution is -2.49. The third-order valence-corrected chi connectivity index (χ3v) is 9.07. The molecule has 2 aliphatic rings. The number of carbonyl (C=O) groups excluding carboxylic acids is 1. The molecule has 1 atom stereocenters. The number of nitrogens with zero attached hydrogens (tertiary/aromatic N) is 4. The van der Waals surface area contributed by atoms with E-state index in [2.05, 4.69) is 18.7 Å². The molecule has 0 bridgehead atoms. The van der Waals surface area contributed by atoms with Crippen LogP contribution in [0.25, 0.3) is 10.2 Å². The van der Waals surface area contributed by atoms with Crippen LogP contribution >= 0.6 is 34.5 Å². The molecule has 1 aliphatic heterocycles. The molecule has 0 saturated carbocycles. The molecule has 2 aromatic heterocycles. The van der Waals surface area contributed by atoms with E-state index in [1.807, 2.05) is 16.2 Å². The third-order valence-electron chi connectivity index (χ3n) is 7.15. The van der Waals surface area contributed by atoms with Crippen LogP contribution in [0.5, 0.6) is 0 Å². The molecule has 0 N–H and O–H groups in total. The minimum atomic E-state index is -0.00394. The fourth-order valence-electron chi connectivity index (χ4n) is 4.90. The maximum absolute atomic E-state index is 13.1. The number of halogens is 2. The van der Waals surface area contributed by atoms with E-state index in [-0.39, 0.29) is 5.91 Å². The summed E-state index contributed by atoms with van der Waals surface area (Å²) in [5.74, 6) is 2.33. The second kappa shape index (κ2) is 10.00. The first-order valence-corrected chi connectivity index (χ1v) is 13.8. The maximum atomic E-state index is 13.1. The highest BCUT2D eigenvalue weighted by Gasteiger charge is 2.28. The van der Waals surface area contributed by atoms with E-state index in [0.29, 0.717) is 34.6 Å². The Morgan fingerprint density at radius 3 is 2.56 bits per heavy atom. The minimum Gasteiger partial charge on any atom is -0.352 e. The van der Waals surface area contributed by atoms with Crippen molar-refractivity contribution in [2.24, 2.45) is 0 Å². The van der Waals surface area contributed by atoms with Crippen LogP contribution in [0.1, 0.15) is 72.1 Å². The fraction of sp³-hybridized carbons (Fsp3) is 0.500. The van der Waals surface area contributed by atoms with E-state index in [0.717, 1.165) is 48.8 Å². The lowest BCUT2D eigenvalue weighted by atomic mass is 10.1. The molecule has 180 valence electrons. The predicted octanol–water partition coefficient (Wildman–Crippen LogP) is 6.74. The summed E-state index contributed by atoms with van der Waals surface area (Å²) in [6.07, 6.45) is 7.07. The van der Waals surface area contributed by atoms with Crippen molar-refractivity contribution in [1.82, 2.24) is 14.9 Å². The summed E-state index contributed by atoms with van der Waals surface area (Å²) in [6, 6.07) is 5.09. The van der Waals surface area contributed by atoms with Gasteiger partial charge in [-0.15, -0.1) is 11.3 Å². The summed E-state index contributed by atoms with van der Waals surface area (Å²) >= 11 is 14.0. The van der Waals surface area contributed by atoms with Gasteiger partial charge in [0.1, 0.15) is 16.5 Å². The van der Waals surface area contributed by atoms with E-state index in [4.69, 9.17) is 33.2 Å². The quantitative estimate of drug-likeness (QED) is 0.360. The molecule has 3 aromatic rings. The molecule has 8 heteroatoms. The predicted molar refractivity (Wildman–Crippen MR) is 142 cm³/mol. The number of rotatable bonds is 4. The standard InChI is InChI=1S/C26H30Cl2N4OS/c1-3-16(2)23-29-24(22-18-7-5-4-6-8-21(18)34-25(22)30-23)31-11-13-32(14-12-31)26(33)17-9-10-19(27)20(28)15-17/h9-10,15-16H,3-8,11-14H2,1-2H3/t16-/m1/s1. The number of carbonyl (C=O) groups is 1. The summed E-state index contributed by atoms with van der Waals surface area (Å²) in [5.41, 5.74) is 2.05. The van der Waals surface area contributed by atoms with Crippen molar-refractivity contribution in [3.8, 4) is 0 Å². The Hall–Kier alpha value is -1.89. The zero-order chi connectivity index (χ0) is 23.8. The van der Waals surface area contributed by atoms with Gasteiger partial charge in [-0.2, -0.15) is 0 Å². The Balaban J connectivity index is 1.44. The Labute approximate surface area is 215 Å². The molecule has 0 spiro atoms. The molecule has 1 aromatic carbocycles. The molecular weight excluding hydrogens is 487 g/mol. The zero-order valence-electron chi connectivity index (χ0n) is 19.7. The summed E-state index contributed by atoms with van der Waals surface area (Å²) in [5, 5.41) is 2.13. The van der Waals surface area contributed by atoms with Crippen LogP contribution in [0, 0.1) is 0 Å². The number of amides is 1. The van der Waals surface area contributed by atoms with E-state index < -0.39 is 0 Å². The van der Waals surface area contributed by atoms with Gasteiger partial charge in [-0.1, -0.05) is 43.5 Å². The van der Waals surface area contributed by atoms with Crippen molar-refractivity contribution in [3.05, 3.63) is 50.1 Å². The molecule has 1 aliphatic carbocycles. The Bertz CT molecular complexity index is 1220. The number of anilines is 1. The van der Waals surface area contributed by atoms with Gasteiger partial charge in [0.15, 0.2) is 0 Å². The number of fused-ring (bicyclic) bond motifs is 3. The zero-order valence-corrected chi connectivity index (χ0v) is 22.1. The van der Waals surface area contributed by atoms with Gasteiger partial charge in [-0.05, 0) is 55.9 Å². The van der Waals surface area contributed by atoms with Gasteiger partial charge in [0.25, 0.3) is 5.91 Å². The van der Waals surface area contributed by atoms with Crippen LogP contribution in [0.3, 0.4) is 0 Å². The lowest BCUT2D eigenvalue weighted by Gasteiger charge is -2.36. The average molecular weight is 518 g/mol. The van der Waals surface area contributed by atoms with E-state index in [1.54, 1.807) is 18.2 Å². The second-order valence-electron chi connectivity index (χ2n) is 9.37. The summed E-state index contributed by atoms with van der Waals surface area (Å²) in [4.78, 5) is 30.1. The second-order valence-corrected chi connectivity index (χ2v) is 11.3. The molecule has 1 amide bonds. The van der Waals surface area contributed by atoms with Crippen LogP contribution in [0.4, 0.5) is 5.82 Å². The molecule has 0 radical (unpaired) electrons.